The predicted molar refractivity (Wildman–Crippen MR) is 98.7 cm³/mol. The zero-order valence-corrected chi connectivity index (χ0v) is 15.4. The highest BCUT2D eigenvalue weighted by Crippen LogP contribution is 2.26. The zero-order chi connectivity index (χ0) is 18.8. The molecule has 136 valence electrons. The second-order valence-electron chi connectivity index (χ2n) is 5.68. The number of carbonyl (C=O) groups is 1. The second kappa shape index (κ2) is 7.12. The van der Waals surface area contributed by atoms with E-state index in [1.807, 2.05) is 36.6 Å². The lowest BCUT2D eigenvalue weighted by atomic mass is 10.2. The van der Waals surface area contributed by atoms with Crippen LogP contribution in [0, 0.1) is 6.92 Å². The van der Waals surface area contributed by atoms with Crippen molar-refractivity contribution >= 4 is 23.1 Å². The number of hydrogen-bond donors (Lipinski definition) is 0. The Hall–Kier alpha value is -3.33. The van der Waals surface area contributed by atoms with Gasteiger partial charge in [0.1, 0.15) is 17.4 Å². The number of aryl methyl sites for hydroxylation is 1. The van der Waals surface area contributed by atoms with Gasteiger partial charge < -0.3 is 9.47 Å². The molecule has 8 nitrogen and oxygen atoms in total. The van der Waals surface area contributed by atoms with Gasteiger partial charge in [-0.3, -0.25) is 0 Å². The molecule has 1 aromatic carbocycles. The van der Waals surface area contributed by atoms with Crippen molar-refractivity contribution in [2.24, 2.45) is 0 Å². The van der Waals surface area contributed by atoms with Crippen LogP contribution in [0.5, 0.6) is 5.75 Å². The summed E-state index contributed by atoms with van der Waals surface area (Å²) in [5.41, 5.74) is 2.47. The van der Waals surface area contributed by atoms with Crippen molar-refractivity contribution in [1.82, 2.24) is 24.6 Å². The van der Waals surface area contributed by atoms with Gasteiger partial charge in [0, 0.05) is 22.8 Å². The third-order valence-corrected chi connectivity index (χ3v) is 4.79. The van der Waals surface area contributed by atoms with Crippen molar-refractivity contribution in [1.29, 1.82) is 0 Å². The number of nitrogens with zero attached hydrogens (tertiary/aromatic N) is 5. The Morgan fingerprint density at radius 1 is 1.19 bits per heavy atom. The van der Waals surface area contributed by atoms with E-state index in [9.17, 15) is 4.79 Å². The van der Waals surface area contributed by atoms with Crippen molar-refractivity contribution in [3.05, 3.63) is 59.1 Å². The third-order valence-electron chi connectivity index (χ3n) is 3.85. The molecule has 0 amide bonds. The highest BCUT2D eigenvalue weighted by molar-refractivity contribution is 7.13. The van der Waals surface area contributed by atoms with Gasteiger partial charge in [-0.2, -0.15) is 4.98 Å². The first-order valence-electron chi connectivity index (χ1n) is 8.08. The normalized spacial score (nSPS) is 10.9. The molecule has 0 aliphatic heterocycles. The number of methoxy groups -OCH3 is 1. The summed E-state index contributed by atoms with van der Waals surface area (Å²) in [6, 6.07) is 9.41. The molecule has 4 aromatic rings. The maximum atomic E-state index is 12.2. The van der Waals surface area contributed by atoms with Crippen LogP contribution in [0.25, 0.3) is 16.3 Å². The van der Waals surface area contributed by atoms with Crippen LogP contribution in [0.3, 0.4) is 0 Å². The topological polar surface area (TPSA) is 91.5 Å². The first-order chi connectivity index (χ1) is 13.1. The molecular weight excluding hydrogens is 366 g/mol. The van der Waals surface area contributed by atoms with E-state index < -0.39 is 5.97 Å². The molecule has 4 rings (SSSR count). The summed E-state index contributed by atoms with van der Waals surface area (Å²) in [6.45, 7) is 1.90. The number of ether oxygens (including phenoxy) is 2. The molecule has 0 bridgehead atoms. The number of rotatable bonds is 5. The van der Waals surface area contributed by atoms with Gasteiger partial charge in [0.25, 0.3) is 11.6 Å². The van der Waals surface area contributed by atoms with Gasteiger partial charge in [-0.25, -0.2) is 19.3 Å². The molecule has 0 saturated carbocycles. The van der Waals surface area contributed by atoms with Crippen LogP contribution in [0.2, 0.25) is 0 Å². The standard InChI is InChI=1S/C18H15N5O3S/c1-11-7-8-19-18-21-15(22-23(11)18)17(24)26-9-13-10-27-16(20-13)12-3-5-14(25-2)6-4-12/h3-8,10H,9H2,1-2H3. The van der Waals surface area contributed by atoms with E-state index in [-0.39, 0.29) is 12.4 Å². The largest absolute Gasteiger partial charge is 0.497 e. The van der Waals surface area contributed by atoms with Crippen LogP contribution < -0.4 is 4.74 Å². The minimum absolute atomic E-state index is 0.0255. The first kappa shape index (κ1) is 17.1. The van der Waals surface area contributed by atoms with Gasteiger partial charge in [0.15, 0.2) is 0 Å². The smallest absolute Gasteiger partial charge is 0.378 e. The summed E-state index contributed by atoms with van der Waals surface area (Å²) >= 11 is 1.48. The van der Waals surface area contributed by atoms with Crippen molar-refractivity contribution in [2.75, 3.05) is 7.11 Å². The lowest BCUT2D eigenvalue weighted by Crippen LogP contribution is -2.08. The van der Waals surface area contributed by atoms with Crippen molar-refractivity contribution in [3.8, 4) is 16.3 Å². The van der Waals surface area contributed by atoms with Crippen LogP contribution in [0.15, 0.2) is 41.9 Å². The van der Waals surface area contributed by atoms with Gasteiger partial charge in [-0.15, -0.1) is 16.4 Å². The highest BCUT2D eigenvalue weighted by atomic mass is 32.1. The molecule has 0 N–H and O–H groups in total. The quantitative estimate of drug-likeness (QED) is 0.491. The van der Waals surface area contributed by atoms with E-state index in [0.29, 0.717) is 11.5 Å². The molecule has 0 fully saturated rings. The zero-order valence-electron chi connectivity index (χ0n) is 14.6. The van der Waals surface area contributed by atoms with Gasteiger partial charge in [0.05, 0.1) is 12.8 Å². The van der Waals surface area contributed by atoms with Crippen LogP contribution in [0.1, 0.15) is 22.0 Å². The number of fused-ring (bicyclic) bond motifs is 1. The summed E-state index contributed by atoms with van der Waals surface area (Å²) < 4.78 is 11.9. The molecule has 27 heavy (non-hydrogen) atoms. The van der Waals surface area contributed by atoms with Gasteiger partial charge in [0.2, 0.25) is 0 Å². The van der Waals surface area contributed by atoms with E-state index in [2.05, 4.69) is 20.1 Å². The van der Waals surface area contributed by atoms with E-state index in [1.54, 1.807) is 19.4 Å². The summed E-state index contributed by atoms with van der Waals surface area (Å²) in [5, 5.41) is 6.83. The third kappa shape index (κ3) is 3.49. The number of esters is 1. The fourth-order valence-electron chi connectivity index (χ4n) is 2.44. The number of thiazole rings is 1. The number of benzene rings is 1. The lowest BCUT2D eigenvalue weighted by Gasteiger charge is -2.00. The molecule has 9 heteroatoms. The molecule has 3 aromatic heterocycles. The van der Waals surface area contributed by atoms with E-state index in [1.165, 1.54) is 15.9 Å². The summed E-state index contributed by atoms with van der Waals surface area (Å²) in [5.74, 6) is 0.507. The van der Waals surface area contributed by atoms with E-state index >= 15 is 0 Å². The Kier molecular flexibility index (Phi) is 4.51. The molecular formula is C18H15N5O3S. The Labute approximate surface area is 158 Å². The summed E-state index contributed by atoms with van der Waals surface area (Å²) in [7, 11) is 1.63. The molecule has 3 heterocycles. The fraction of sp³-hybridized carbons (Fsp3) is 0.167. The number of aromatic nitrogens is 5. The molecule has 0 atom stereocenters. The molecule has 0 aliphatic rings. The maximum Gasteiger partial charge on any atom is 0.378 e. The molecule has 0 aliphatic carbocycles. The Morgan fingerprint density at radius 3 is 2.74 bits per heavy atom. The first-order valence-corrected chi connectivity index (χ1v) is 8.96. The van der Waals surface area contributed by atoms with Crippen LogP contribution >= 0.6 is 11.3 Å². The molecule has 0 unspecified atom stereocenters. The average Bonchev–Trinajstić information content (AvgIpc) is 3.34. The minimum atomic E-state index is -0.612. The highest BCUT2D eigenvalue weighted by Gasteiger charge is 2.16. The summed E-state index contributed by atoms with van der Waals surface area (Å²) in [4.78, 5) is 24.9. The Balaban J connectivity index is 1.44. The monoisotopic (exact) mass is 381 g/mol. The molecule has 0 spiro atoms. The lowest BCUT2D eigenvalue weighted by molar-refractivity contribution is 0.0454. The SMILES string of the molecule is COc1ccc(-c2nc(COC(=O)c3nc4nccc(C)n4n3)cs2)cc1. The van der Waals surface area contributed by atoms with Crippen molar-refractivity contribution < 1.29 is 14.3 Å². The van der Waals surface area contributed by atoms with Crippen molar-refractivity contribution in [3.63, 3.8) is 0 Å². The number of carbonyl (C=O) groups excluding carboxylic acids is 1. The van der Waals surface area contributed by atoms with Gasteiger partial charge in [-0.05, 0) is 37.3 Å². The Morgan fingerprint density at radius 2 is 2.00 bits per heavy atom. The van der Waals surface area contributed by atoms with Crippen LogP contribution in [0.4, 0.5) is 0 Å². The number of hydrogen-bond acceptors (Lipinski definition) is 8. The van der Waals surface area contributed by atoms with E-state index in [0.717, 1.165) is 22.0 Å². The minimum Gasteiger partial charge on any atom is -0.497 e. The van der Waals surface area contributed by atoms with Gasteiger partial charge in [-0.1, -0.05) is 0 Å². The average molecular weight is 381 g/mol. The van der Waals surface area contributed by atoms with Gasteiger partial charge >= 0.3 is 5.97 Å². The van der Waals surface area contributed by atoms with Crippen molar-refractivity contribution in [2.45, 2.75) is 13.5 Å². The fourth-order valence-corrected chi connectivity index (χ4v) is 3.25. The van der Waals surface area contributed by atoms with Crippen LogP contribution in [-0.2, 0) is 11.3 Å². The van der Waals surface area contributed by atoms with E-state index in [4.69, 9.17) is 9.47 Å². The summed E-state index contributed by atoms with van der Waals surface area (Å²) in [6.07, 6.45) is 1.62. The molecule has 0 radical (unpaired) electrons. The second-order valence-corrected chi connectivity index (χ2v) is 6.54. The predicted octanol–water partition coefficient (Wildman–Crippen LogP) is 2.92. The van der Waals surface area contributed by atoms with Crippen LogP contribution in [-0.4, -0.2) is 37.6 Å². The maximum absolute atomic E-state index is 12.2. The Bertz CT molecular complexity index is 1100. The molecule has 0 saturated heterocycles.